The molecule has 7 nitrogen and oxygen atoms in total. The van der Waals surface area contributed by atoms with Crippen molar-refractivity contribution in [2.24, 2.45) is 0 Å². The Labute approximate surface area is 172 Å². The first-order valence-corrected chi connectivity index (χ1v) is 9.45. The van der Waals surface area contributed by atoms with E-state index in [1.807, 2.05) is 29.7 Å². The summed E-state index contributed by atoms with van der Waals surface area (Å²) in [5.74, 6) is -0.646. The Morgan fingerprint density at radius 1 is 1.20 bits per heavy atom. The van der Waals surface area contributed by atoms with E-state index in [0.717, 1.165) is 11.8 Å². The number of aryl methyl sites for hydroxylation is 1. The van der Waals surface area contributed by atoms with Gasteiger partial charge in [0.25, 0.3) is 0 Å². The van der Waals surface area contributed by atoms with Crippen LogP contribution in [0.5, 0.6) is 0 Å². The number of imidazole rings is 1. The predicted molar refractivity (Wildman–Crippen MR) is 112 cm³/mol. The van der Waals surface area contributed by atoms with Crippen molar-refractivity contribution in [3.63, 3.8) is 0 Å². The summed E-state index contributed by atoms with van der Waals surface area (Å²) in [4.78, 5) is 34.7. The van der Waals surface area contributed by atoms with Gasteiger partial charge in [0.2, 0.25) is 17.8 Å². The molecule has 1 N–H and O–H groups in total. The molecule has 3 heterocycles. The second-order valence-corrected chi connectivity index (χ2v) is 6.98. The van der Waals surface area contributed by atoms with Gasteiger partial charge in [-0.15, -0.1) is 0 Å². The Hall–Kier alpha value is -3.81. The number of hydrogen-bond donors (Lipinski definition) is 1. The summed E-state index contributed by atoms with van der Waals surface area (Å²) in [6.07, 6.45) is 1.08. The van der Waals surface area contributed by atoms with Crippen molar-refractivity contribution in [1.82, 2.24) is 14.5 Å². The Morgan fingerprint density at radius 3 is 2.70 bits per heavy atom. The molecule has 1 aliphatic rings. The predicted octanol–water partition coefficient (Wildman–Crippen LogP) is 3.55. The quantitative estimate of drug-likeness (QED) is 0.673. The maximum Gasteiger partial charge on any atom is 0.247 e. The number of nitrogens with zero attached hydrogens (tertiary/aromatic N) is 4. The molecule has 0 radical (unpaired) electrons. The first-order valence-electron chi connectivity index (χ1n) is 9.45. The Kier molecular flexibility index (Phi) is 4.91. The normalized spacial score (nSPS) is 12.6. The van der Waals surface area contributed by atoms with Crippen molar-refractivity contribution >= 4 is 23.5 Å². The van der Waals surface area contributed by atoms with Crippen molar-refractivity contribution in [3.8, 4) is 22.6 Å². The van der Waals surface area contributed by atoms with Gasteiger partial charge in [0, 0.05) is 31.3 Å². The fraction of sp³-hybridized carbons (Fsp3) is 0.182. The maximum atomic E-state index is 14.3. The third kappa shape index (κ3) is 3.36. The molecule has 0 atom stereocenters. The summed E-state index contributed by atoms with van der Waals surface area (Å²) in [7, 11) is 0. The zero-order valence-corrected chi connectivity index (χ0v) is 16.6. The number of hydrogen-bond acceptors (Lipinski definition) is 4. The number of anilines is 2. The molecule has 8 heteroatoms. The minimum atomic E-state index is -0.560. The summed E-state index contributed by atoms with van der Waals surface area (Å²) in [5.41, 5.74) is 3.47. The highest BCUT2D eigenvalue weighted by atomic mass is 19.1. The molecule has 0 saturated carbocycles. The fourth-order valence-electron chi connectivity index (χ4n) is 3.56. The molecule has 0 fully saturated rings. The molecular formula is C22H20FN5O2. The van der Waals surface area contributed by atoms with Crippen LogP contribution in [0, 0.1) is 12.7 Å². The minimum Gasteiger partial charge on any atom is -0.320 e. The minimum absolute atomic E-state index is 0.0394. The Morgan fingerprint density at radius 2 is 2.00 bits per heavy atom. The number of nitrogens with one attached hydrogen (secondary N) is 1. The number of fused-ring (bicyclic) bond motifs is 1. The SMILES string of the molecule is C=CC(=O)Nc1cc(-c2c(-c3cccc(C)n3)nc3n2CCN3C(C)=O)ccc1F. The fourth-order valence-corrected chi connectivity index (χ4v) is 3.56. The number of aromatic nitrogens is 3. The molecule has 152 valence electrons. The number of benzene rings is 1. The summed E-state index contributed by atoms with van der Waals surface area (Å²) in [6, 6.07) is 10.1. The lowest BCUT2D eigenvalue weighted by molar-refractivity contribution is -0.116. The van der Waals surface area contributed by atoms with Gasteiger partial charge in [-0.3, -0.25) is 19.5 Å². The number of rotatable bonds is 4. The molecule has 3 aromatic rings. The van der Waals surface area contributed by atoms with E-state index in [-0.39, 0.29) is 11.6 Å². The van der Waals surface area contributed by atoms with Crippen LogP contribution in [0.15, 0.2) is 49.1 Å². The van der Waals surface area contributed by atoms with Crippen molar-refractivity contribution < 1.29 is 14.0 Å². The molecule has 0 unspecified atom stereocenters. The van der Waals surface area contributed by atoms with Gasteiger partial charge in [-0.2, -0.15) is 0 Å². The number of carbonyl (C=O) groups excluding carboxylic acids is 2. The molecule has 1 aromatic carbocycles. The number of carbonyl (C=O) groups is 2. The highest BCUT2D eigenvalue weighted by Gasteiger charge is 2.31. The summed E-state index contributed by atoms with van der Waals surface area (Å²) in [6.45, 7) is 7.84. The largest absolute Gasteiger partial charge is 0.320 e. The van der Waals surface area contributed by atoms with Crippen molar-refractivity contribution in [2.75, 3.05) is 16.8 Å². The number of halogens is 1. The van der Waals surface area contributed by atoms with E-state index in [1.165, 1.54) is 13.0 Å². The van der Waals surface area contributed by atoms with Gasteiger partial charge in [0.1, 0.15) is 11.5 Å². The average Bonchev–Trinajstić information content (AvgIpc) is 3.28. The molecule has 0 saturated heterocycles. The zero-order chi connectivity index (χ0) is 21.4. The molecular weight excluding hydrogens is 385 g/mol. The lowest BCUT2D eigenvalue weighted by Crippen LogP contribution is -2.26. The second kappa shape index (κ2) is 7.55. The molecule has 0 aliphatic carbocycles. The zero-order valence-electron chi connectivity index (χ0n) is 16.6. The first kappa shape index (κ1) is 19.5. The maximum absolute atomic E-state index is 14.3. The van der Waals surface area contributed by atoms with E-state index in [9.17, 15) is 14.0 Å². The van der Waals surface area contributed by atoms with Gasteiger partial charge in [-0.1, -0.05) is 12.6 Å². The summed E-state index contributed by atoms with van der Waals surface area (Å²) >= 11 is 0. The van der Waals surface area contributed by atoms with Crippen LogP contribution in [0.3, 0.4) is 0 Å². The molecule has 2 aromatic heterocycles. The first-order chi connectivity index (χ1) is 14.4. The lowest BCUT2D eigenvalue weighted by atomic mass is 10.1. The van der Waals surface area contributed by atoms with Crippen LogP contribution in [0.2, 0.25) is 0 Å². The van der Waals surface area contributed by atoms with Crippen LogP contribution in [0.25, 0.3) is 22.6 Å². The topological polar surface area (TPSA) is 80.1 Å². The summed E-state index contributed by atoms with van der Waals surface area (Å²) in [5, 5.41) is 2.48. The Balaban J connectivity index is 1.92. The average molecular weight is 405 g/mol. The van der Waals surface area contributed by atoms with Crippen LogP contribution in [0.1, 0.15) is 12.6 Å². The van der Waals surface area contributed by atoms with Gasteiger partial charge in [-0.05, 0) is 43.3 Å². The highest BCUT2D eigenvalue weighted by molar-refractivity contribution is 5.99. The Bertz CT molecular complexity index is 1180. The van der Waals surface area contributed by atoms with Crippen LogP contribution >= 0.6 is 0 Å². The van der Waals surface area contributed by atoms with Crippen LogP contribution in [-0.4, -0.2) is 32.9 Å². The number of amides is 2. The number of pyridine rings is 1. The van der Waals surface area contributed by atoms with Crippen LogP contribution in [0.4, 0.5) is 16.0 Å². The van der Waals surface area contributed by atoms with E-state index in [4.69, 9.17) is 4.98 Å². The molecule has 2 amide bonds. The highest BCUT2D eigenvalue weighted by Crippen LogP contribution is 2.38. The van der Waals surface area contributed by atoms with E-state index < -0.39 is 11.7 Å². The molecule has 0 spiro atoms. The van der Waals surface area contributed by atoms with E-state index in [1.54, 1.807) is 17.0 Å². The van der Waals surface area contributed by atoms with Gasteiger partial charge < -0.3 is 9.88 Å². The third-order valence-corrected chi connectivity index (χ3v) is 4.93. The van der Waals surface area contributed by atoms with Crippen molar-refractivity contribution in [3.05, 3.63) is 60.6 Å². The molecule has 4 rings (SSSR count). The molecule has 0 bridgehead atoms. The van der Waals surface area contributed by atoms with Crippen molar-refractivity contribution in [2.45, 2.75) is 20.4 Å². The van der Waals surface area contributed by atoms with E-state index in [0.29, 0.717) is 41.7 Å². The molecule has 1 aliphatic heterocycles. The van der Waals surface area contributed by atoms with Crippen molar-refractivity contribution in [1.29, 1.82) is 0 Å². The van der Waals surface area contributed by atoms with Gasteiger partial charge in [0.05, 0.1) is 17.1 Å². The third-order valence-electron chi connectivity index (χ3n) is 4.93. The van der Waals surface area contributed by atoms with Crippen LogP contribution < -0.4 is 10.2 Å². The summed E-state index contributed by atoms with van der Waals surface area (Å²) < 4.78 is 16.2. The van der Waals surface area contributed by atoms with Gasteiger partial charge in [-0.25, -0.2) is 9.37 Å². The second-order valence-electron chi connectivity index (χ2n) is 6.98. The lowest BCUT2D eigenvalue weighted by Gasteiger charge is -2.11. The van der Waals surface area contributed by atoms with Crippen LogP contribution in [-0.2, 0) is 16.1 Å². The van der Waals surface area contributed by atoms with Gasteiger partial charge in [0.15, 0.2) is 0 Å². The molecule has 30 heavy (non-hydrogen) atoms. The standard InChI is InChI=1S/C22H20FN5O2/c1-4-19(30)25-18-12-15(8-9-16(18)23)21-20(17-7-5-6-13(2)24-17)26-22-27(14(3)29)10-11-28(21)22/h4-9,12H,1,10-11H2,2-3H3,(H,25,30). The van der Waals surface area contributed by atoms with E-state index >= 15 is 0 Å². The monoisotopic (exact) mass is 405 g/mol. The smallest absolute Gasteiger partial charge is 0.247 e. The van der Waals surface area contributed by atoms with E-state index in [2.05, 4.69) is 16.9 Å². The van der Waals surface area contributed by atoms with Gasteiger partial charge >= 0.3 is 0 Å².